The van der Waals surface area contributed by atoms with Gasteiger partial charge in [0.1, 0.15) is 11.4 Å². The molecule has 0 saturated carbocycles. The lowest BCUT2D eigenvalue weighted by Crippen LogP contribution is -2.51. The van der Waals surface area contributed by atoms with E-state index in [0.29, 0.717) is 44.1 Å². The van der Waals surface area contributed by atoms with Gasteiger partial charge in [-0.25, -0.2) is 4.79 Å². The number of hydrogen-bond acceptors (Lipinski definition) is 6. The number of nitrogens with zero attached hydrogens (tertiary/aromatic N) is 2. The number of fused-ring (bicyclic) bond motifs is 1. The molecule has 1 spiro atoms. The highest BCUT2D eigenvalue weighted by Crippen LogP contribution is 2.41. The van der Waals surface area contributed by atoms with Crippen molar-refractivity contribution in [3.05, 3.63) is 40.8 Å². The van der Waals surface area contributed by atoms with Crippen molar-refractivity contribution in [1.82, 2.24) is 9.80 Å². The van der Waals surface area contributed by atoms with Gasteiger partial charge in [0, 0.05) is 43.9 Å². The van der Waals surface area contributed by atoms with Crippen molar-refractivity contribution in [3.8, 4) is 16.2 Å². The molecular weight excluding hydrogens is 476 g/mol. The number of aryl methyl sites for hydroxylation is 1. The first kappa shape index (κ1) is 25.1. The van der Waals surface area contributed by atoms with Crippen molar-refractivity contribution in [2.75, 3.05) is 32.8 Å². The summed E-state index contributed by atoms with van der Waals surface area (Å²) in [6.45, 7) is 8.92. The topological polar surface area (TPSA) is 79.3 Å². The Kier molecular flexibility index (Phi) is 6.76. The van der Waals surface area contributed by atoms with Gasteiger partial charge in [-0.05, 0) is 66.1 Å². The van der Waals surface area contributed by atoms with Gasteiger partial charge in [-0.1, -0.05) is 20.8 Å². The number of likely N-dealkylation sites (tertiary alicyclic amines) is 2. The summed E-state index contributed by atoms with van der Waals surface area (Å²) in [5.74, 6) is 0.923. The van der Waals surface area contributed by atoms with Gasteiger partial charge in [-0.15, -0.1) is 11.3 Å². The molecule has 1 aromatic heterocycles. The summed E-state index contributed by atoms with van der Waals surface area (Å²) >= 11 is 1.50. The molecule has 5 rings (SSSR count). The van der Waals surface area contributed by atoms with Crippen LogP contribution in [0.25, 0.3) is 10.4 Å². The van der Waals surface area contributed by atoms with Crippen LogP contribution in [0.1, 0.15) is 61.7 Å². The van der Waals surface area contributed by atoms with Gasteiger partial charge in [0.15, 0.2) is 0 Å². The molecule has 1 unspecified atom stereocenters. The first-order valence-electron chi connectivity index (χ1n) is 12.9. The molecule has 1 atom stereocenters. The molecule has 2 aromatic rings. The van der Waals surface area contributed by atoms with Crippen LogP contribution in [0.3, 0.4) is 0 Å². The molecule has 8 heteroatoms. The molecule has 2 amide bonds. The Morgan fingerprint density at radius 3 is 2.58 bits per heavy atom. The third-order valence-electron chi connectivity index (χ3n) is 7.35. The molecule has 7 nitrogen and oxygen atoms in total. The highest BCUT2D eigenvalue weighted by molar-refractivity contribution is 7.17. The number of ether oxygens (including phenoxy) is 2. The van der Waals surface area contributed by atoms with Crippen LogP contribution < -0.4 is 4.74 Å². The molecule has 4 heterocycles. The Hall–Kier alpha value is -2.58. The fourth-order valence-corrected chi connectivity index (χ4v) is 6.15. The molecule has 3 aliphatic rings. The van der Waals surface area contributed by atoms with E-state index in [9.17, 15) is 14.7 Å². The Bertz CT molecular complexity index is 1130. The summed E-state index contributed by atoms with van der Waals surface area (Å²) in [5, 5.41) is 9.74. The first-order valence-corrected chi connectivity index (χ1v) is 13.7. The second-order valence-electron chi connectivity index (χ2n) is 11.6. The van der Waals surface area contributed by atoms with E-state index in [4.69, 9.17) is 9.47 Å². The van der Waals surface area contributed by atoms with Crippen molar-refractivity contribution in [1.29, 1.82) is 0 Å². The van der Waals surface area contributed by atoms with Crippen molar-refractivity contribution in [2.45, 2.75) is 64.6 Å². The molecule has 1 N–H and O–H groups in total. The van der Waals surface area contributed by atoms with Gasteiger partial charge in [0.2, 0.25) is 0 Å². The minimum atomic E-state index is -0.410. The number of amides is 2. The van der Waals surface area contributed by atoms with Crippen molar-refractivity contribution < 1.29 is 24.2 Å². The smallest absolute Gasteiger partial charge is 0.409 e. The molecule has 0 bridgehead atoms. The molecular formula is C28H36N2O5S. The zero-order chi connectivity index (χ0) is 25.5. The van der Waals surface area contributed by atoms with E-state index in [1.807, 2.05) is 18.2 Å². The van der Waals surface area contributed by atoms with E-state index in [-0.39, 0.29) is 23.0 Å². The monoisotopic (exact) mass is 512 g/mol. The number of carbonyl (C=O) groups is 2. The van der Waals surface area contributed by atoms with Crippen LogP contribution in [0.4, 0.5) is 4.79 Å². The van der Waals surface area contributed by atoms with Gasteiger partial charge in [0.25, 0.3) is 5.91 Å². The quantitative estimate of drug-likeness (QED) is 0.629. The Morgan fingerprint density at radius 2 is 1.89 bits per heavy atom. The minimum absolute atomic E-state index is 0.000310. The maximum Gasteiger partial charge on any atom is 0.409 e. The predicted molar refractivity (Wildman–Crippen MR) is 140 cm³/mol. The van der Waals surface area contributed by atoms with E-state index < -0.39 is 6.10 Å². The minimum Gasteiger partial charge on any atom is -0.487 e. The number of thiophene rings is 1. The zero-order valence-electron chi connectivity index (χ0n) is 21.4. The summed E-state index contributed by atoms with van der Waals surface area (Å²) in [6, 6.07) is 10.2. The van der Waals surface area contributed by atoms with Crippen LogP contribution >= 0.6 is 11.3 Å². The highest BCUT2D eigenvalue weighted by atomic mass is 32.1. The van der Waals surface area contributed by atoms with E-state index in [2.05, 4.69) is 32.9 Å². The van der Waals surface area contributed by atoms with Gasteiger partial charge in [0.05, 0.1) is 17.6 Å². The van der Waals surface area contributed by atoms with Crippen LogP contribution in [-0.4, -0.2) is 71.4 Å². The number of β-amino-alcohol motifs (C(OH)–C–C–N with tert-alkyl or cyclic N) is 1. The maximum absolute atomic E-state index is 12.8. The molecule has 0 radical (unpaired) electrons. The third-order valence-corrected chi connectivity index (χ3v) is 8.47. The van der Waals surface area contributed by atoms with Crippen LogP contribution in [0.15, 0.2) is 30.3 Å². The summed E-state index contributed by atoms with van der Waals surface area (Å²) < 4.78 is 12.1. The predicted octanol–water partition coefficient (Wildman–Crippen LogP) is 4.96. The first-order chi connectivity index (χ1) is 17.1. The van der Waals surface area contributed by atoms with Crippen molar-refractivity contribution >= 4 is 23.3 Å². The fraction of sp³-hybridized carbons (Fsp3) is 0.571. The van der Waals surface area contributed by atoms with Crippen LogP contribution in [0.2, 0.25) is 0 Å². The van der Waals surface area contributed by atoms with Gasteiger partial charge < -0.3 is 24.4 Å². The molecule has 1 aromatic carbocycles. The fourth-order valence-electron chi connectivity index (χ4n) is 5.18. The number of aliphatic hydroxyl groups is 1. The molecule has 194 valence electrons. The standard InChI is InChI=1S/C28H36N2O5S/c1-27(2,3)18-34-26(33)29-14-11-28(12-15-29)10-8-19-16-20(4-5-22(19)35-28)23-6-7-24(36-23)25(32)30-13-9-21(31)17-30/h4-7,16,21,31H,8-15,17-18H2,1-3H3. The number of piperidine rings is 1. The second kappa shape index (κ2) is 9.71. The average molecular weight is 513 g/mol. The third kappa shape index (κ3) is 5.39. The average Bonchev–Trinajstić information content (AvgIpc) is 3.51. The Balaban J connectivity index is 1.20. The van der Waals surface area contributed by atoms with Crippen LogP contribution in [-0.2, 0) is 11.2 Å². The number of carbonyl (C=O) groups excluding carboxylic acids is 2. The van der Waals surface area contributed by atoms with E-state index in [0.717, 1.165) is 41.9 Å². The highest BCUT2D eigenvalue weighted by Gasteiger charge is 2.41. The molecule has 2 saturated heterocycles. The largest absolute Gasteiger partial charge is 0.487 e. The number of rotatable bonds is 3. The lowest BCUT2D eigenvalue weighted by molar-refractivity contribution is -0.0171. The Labute approximate surface area is 217 Å². The van der Waals surface area contributed by atoms with Crippen molar-refractivity contribution in [2.24, 2.45) is 5.41 Å². The summed E-state index contributed by atoms with van der Waals surface area (Å²) in [4.78, 5) is 30.5. The Morgan fingerprint density at radius 1 is 1.11 bits per heavy atom. The lowest BCUT2D eigenvalue weighted by Gasteiger charge is -2.44. The van der Waals surface area contributed by atoms with Gasteiger partial charge in [-0.2, -0.15) is 0 Å². The summed E-state index contributed by atoms with van der Waals surface area (Å²) in [5.41, 5.74) is 2.02. The second-order valence-corrected chi connectivity index (χ2v) is 12.7. The van der Waals surface area contributed by atoms with Crippen molar-refractivity contribution in [3.63, 3.8) is 0 Å². The zero-order valence-corrected chi connectivity index (χ0v) is 22.2. The SMILES string of the molecule is CC(C)(C)COC(=O)N1CCC2(CCc3cc(-c4ccc(C(=O)N5CCC(O)C5)s4)ccc3O2)CC1. The van der Waals surface area contributed by atoms with E-state index >= 15 is 0 Å². The molecule has 0 aliphatic carbocycles. The summed E-state index contributed by atoms with van der Waals surface area (Å²) in [6.07, 6.45) is 3.48. The number of hydrogen-bond donors (Lipinski definition) is 1. The maximum atomic E-state index is 12.8. The van der Waals surface area contributed by atoms with E-state index in [1.165, 1.54) is 16.9 Å². The molecule has 2 fully saturated rings. The van der Waals surface area contributed by atoms with Crippen LogP contribution in [0.5, 0.6) is 5.75 Å². The van der Waals surface area contributed by atoms with Gasteiger partial charge >= 0.3 is 6.09 Å². The molecule has 3 aliphatic heterocycles. The molecule has 36 heavy (non-hydrogen) atoms. The number of benzene rings is 1. The summed E-state index contributed by atoms with van der Waals surface area (Å²) in [7, 11) is 0. The number of aliphatic hydroxyl groups excluding tert-OH is 1. The van der Waals surface area contributed by atoms with Crippen LogP contribution in [0, 0.1) is 5.41 Å². The van der Waals surface area contributed by atoms with E-state index in [1.54, 1.807) is 9.80 Å². The van der Waals surface area contributed by atoms with Gasteiger partial charge in [-0.3, -0.25) is 4.79 Å². The normalized spacial score (nSPS) is 21.3. The lowest BCUT2D eigenvalue weighted by atomic mass is 9.83.